The fourth-order valence-corrected chi connectivity index (χ4v) is 6.43. The third-order valence-electron chi connectivity index (χ3n) is 9.38. The second-order valence-corrected chi connectivity index (χ2v) is 12.8. The zero-order valence-electron chi connectivity index (χ0n) is 28.8. The first kappa shape index (κ1) is 32.8. The molecule has 1 unspecified atom stereocenters. The zero-order chi connectivity index (χ0) is 33.5. The molecular weight excluding hydrogens is 581 g/mol. The highest BCUT2D eigenvalue weighted by molar-refractivity contribution is 6.06. The van der Waals surface area contributed by atoms with Gasteiger partial charge in [0.25, 0.3) is 0 Å². The van der Waals surface area contributed by atoms with Crippen molar-refractivity contribution in [1.29, 1.82) is 0 Å². The Morgan fingerprint density at radius 2 is 1.50 bits per heavy atom. The van der Waals surface area contributed by atoms with E-state index in [1.165, 1.54) is 68.5 Å². The van der Waals surface area contributed by atoms with Gasteiger partial charge in [-0.15, -0.1) is 0 Å². The van der Waals surface area contributed by atoms with E-state index in [9.17, 15) is 0 Å². The van der Waals surface area contributed by atoms with Crippen molar-refractivity contribution >= 4 is 33.6 Å². The minimum atomic E-state index is 0.305. The Balaban J connectivity index is 1.44. The number of unbranched alkanes of at least 4 members (excludes halogenated alkanes) is 2. The van der Waals surface area contributed by atoms with E-state index in [0.29, 0.717) is 5.92 Å². The molecule has 5 aromatic carbocycles. The van der Waals surface area contributed by atoms with Crippen molar-refractivity contribution in [3.05, 3.63) is 168 Å². The average Bonchev–Trinajstić information content (AvgIpc) is 3.50. The molecule has 48 heavy (non-hydrogen) atoms. The van der Waals surface area contributed by atoms with Gasteiger partial charge in [-0.05, 0) is 119 Å². The average molecular weight is 627 g/mol. The van der Waals surface area contributed by atoms with Crippen molar-refractivity contribution in [2.24, 2.45) is 0 Å². The van der Waals surface area contributed by atoms with Gasteiger partial charge in [-0.3, -0.25) is 0 Å². The molecule has 0 amide bonds. The lowest BCUT2D eigenvalue weighted by Crippen LogP contribution is -1.93. The first-order chi connectivity index (χ1) is 23.5. The van der Waals surface area contributed by atoms with Crippen LogP contribution in [0.25, 0.3) is 55.8 Å². The van der Waals surface area contributed by atoms with Gasteiger partial charge >= 0.3 is 0 Å². The number of hydrogen-bond donors (Lipinski definition) is 0. The maximum absolute atomic E-state index is 6.17. The van der Waals surface area contributed by atoms with Crippen LogP contribution in [-0.2, 0) is 6.42 Å². The van der Waals surface area contributed by atoms with Crippen LogP contribution < -0.4 is 0 Å². The molecule has 0 bridgehead atoms. The van der Waals surface area contributed by atoms with Crippen molar-refractivity contribution in [2.45, 2.75) is 59.3 Å². The van der Waals surface area contributed by atoms with Crippen LogP contribution in [0.3, 0.4) is 0 Å². The van der Waals surface area contributed by atoms with E-state index in [4.69, 9.17) is 4.42 Å². The van der Waals surface area contributed by atoms with Crippen LogP contribution in [0, 0.1) is 6.92 Å². The molecule has 0 aliphatic heterocycles. The summed E-state index contributed by atoms with van der Waals surface area (Å²) in [5.41, 5.74) is 14.1. The third kappa shape index (κ3) is 7.37. The summed E-state index contributed by atoms with van der Waals surface area (Å²) in [6.07, 6.45) is 17.9. The van der Waals surface area contributed by atoms with Crippen molar-refractivity contribution in [2.75, 3.05) is 0 Å². The molecule has 0 N–H and O–H groups in total. The minimum Gasteiger partial charge on any atom is -0.456 e. The largest absolute Gasteiger partial charge is 0.456 e. The molecule has 0 aliphatic rings. The number of rotatable bonds is 12. The van der Waals surface area contributed by atoms with Gasteiger partial charge < -0.3 is 4.42 Å². The van der Waals surface area contributed by atoms with Gasteiger partial charge in [-0.25, -0.2) is 0 Å². The molecule has 0 saturated heterocycles. The standard InChI is InChI=1S/C47H46O/c1-6-9-10-11-12-15-38-28-39(25-24-35(38)7-2)42-29-41(36(8-3)23-20-34(5)37-21-18-33(4)19-22-37)30-43(31-42)40-26-27-47-45(32-40)44-16-13-14-17-46(44)48-47/h7-8,11-14,16-32,34H,2,6,9-10,15H2,1,3-5H3/b12-11-,23-20-,36-8+. The highest BCUT2D eigenvalue weighted by Crippen LogP contribution is 2.36. The SMILES string of the molecule is C=Cc1ccc(-c2cc(C(/C=C\C(C)c3ccc(C)cc3)=C/C)cc(-c3ccc4oc5ccccc5c4c3)c2)cc1C/C=C\CCCC. The number of hydrogen-bond acceptors (Lipinski definition) is 1. The normalized spacial score (nSPS) is 12.9. The predicted molar refractivity (Wildman–Crippen MR) is 209 cm³/mol. The zero-order valence-corrected chi connectivity index (χ0v) is 28.8. The predicted octanol–water partition coefficient (Wildman–Crippen LogP) is 13.9. The summed E-state index contributed by atoms with van der Waals surface area (Å²) >= 11 is 0. The number of para-hydroxylation sites is 1. The molecule has 6 rings (SSSR count). The highest BCUT2D eigenvalue weighted by Gasteiger charge is 2.13. The summed E-state index contributed by atoms with van der Waals surface area (Å²) in [4.78, 5) is 0. The van der Waals surface area contributed by atoms with Crippen molar-refractivity contribution < 1.29 is 4.42 Å². The summed E-state index contributed by atoms with van der Waals surface area (Å²) in [7, 11) is 0. The van der Waals surface area contributed by atoms with Crippen LogP contribution >= 0.6 is 0 Å². The van der Waals surface area contributed by atoms with Gasteiger partial charge in [0.2, 0.25) is 0 Å². The second kappa shape index (κ2) is 15.2. The number of fused-ring (bicyclic) bond motifs is 3. The minimum absolute atomic E-state index is 0.305. The van der Waals surface area contributed by atoms with Crippen LogP contribution in [0.15, 0.2) is 145 Å². The quantitative estimate of drug-likeness (QED) is 0.0748. The smallest absolute Gasteiger partial charge is 0.135 e. The van der Waals surface area contributed by atoms with Gasteiger partial charge in [-0.2, -0.15) is 0 Å². The van der Waals surface area contributed by atoms with Gasteiger partial charge in [0, 0.05) is 10.8 Å². The van der Waals surface area contributed by atoms with Gasteiger partial charge in [-0.1, -0.05) is 142 Å². The Morgan fingerprint density at radius 3 is 2.25 bits per heavy atom. The van der Waals surface area contributed by atoms with Gasteiger partial charge in [0.05, 0.1) is 0 Å². The van der Waals surface area contributed by atoms with E-state index in [0.717, 1.165) is 34.8 Å². The lowest BCUT2D eigenvalue weighted by Gasteiger charge is -2.14. The Hall–Kier alpha value is -5.14. The highest BCUT2D eigenvalue weighted by atomic mass is 16.3. The van der Waals surface area contributed by atoms with Crippen molar-refractivity contribution in [1.82, 2.24) is 0 Å². The molecule has 6 aromatic rings. The summed E-state index contributed by atoms with van der Waals surface area (Å²) in [5, 5.41) is 2.28. The van der Waals surface area contributed by atoms with Gasteiger partial charge in [0.1, 0.15) is 11.2 Å². The molecule has 0 radical (unpaired) electrons. The fraction of sp³-hybridized carbons (Fsp3) is 0.191. The molecule has 1 aromatic heterocycles. The molecule has 1 nitrogen and oxygen atoms in total. The Morgan fingerprint density at radius 1 is 0.771 bits per heavy atom. The van der Waals surface area contributed by atoms with E-state index < -0.39 is 0 Å². The van der Waals surface area contributed by atoms with Crippen molar-refractivity contribution in [3.63, 3.8) is 0 Å². The molecule has 1 atom stereocenters. The molecule has 0 spiro atoms. The molecule has 0 aliphatic carbocycles. The molecule has 0 saturated carbocycles. The first-order valence-electron chi connectivity index (χ1n) is 17.4. The van der Waals surface area contributed by atoms with Crippen LogP contribution in [0.4, 0.5) is 0 Å². The first-order valence-corrected chi connectivity index (χ1v) is 17.4. The summed E-state index contributed by atoms with van der Waals surface area (Å²) in [6, 6.07) is 37.5. The van der Waals surface area contributed by atoms with Gasteiger partial charge in [0.15, 0.2) is 0 Å². The maximum atomic E-state index is 6.17. The monoisotopic (exact) mass is 626 g/mol. The Bertz CT molecular complexity index is 2130. The van der Waals surface area contributed by atoms with Crippen LogP contribution in [0.5, 0.6) is 0 Å². The Kier molecular flexibility index (Phi) is 10.4. The van der Waals surface area contributed by atoms with E-state index in [1.807, 2.05) is 18.2 Å². The number of aryl methyl sites for hydroxylation is 1. The molecule has 1 heteroatoms. The second-order valence-electron chi connectivity index (χ2n) is 12.8. The lowest BCUT2D eigenvalue weighted by atomic mass is 9.90. The maximum Gasteiger partial charge on any atom is 0.135 e. The molecular formula is C47H46O. The van der Waals surface area contributed by atoms with E-state index in [1.54, 1.807) is 0 Å². The summed E-state index contributed by atoms with van der Waals surface area (Å²) < 4.78 is 6.17. The number of furan rings is 1. The lowest BCUT2D eigenvalue weighted by molar-refractivity contribution is 0.669. The number of benzene rings is 5. The van der Waals surface area contributed by atoms with E-state index in [-0.39, 0.29) is 0 Å². The van der Waals surface area contributed by atoms with E-state index >= 15 is 0 Å². The number of allylic oxidation sites excluding steroid dienone is 6. The molecule has 0 fully saturated rings. The van der Waals surface area contributed by atoms with Crippen LogP contribution in [0.2, 0.25) is 0 Å². The summed E-state index contributed by atoms with van der Waals surface area (Å²) in [5.74, 6) is 0.305. The fourth-order valence-electron chi connectivity index (χ4n) is 6.43. The van der Waals surface area contributed by atoms with Crippen molar-refractivity contribution in [3.8, 4) is 22.3 Å². The van der Waals surface area contributed by atoms with Crippen LogP contribution in [0.1, 0.15) is 73.8 Å². The van der Waals surface area contributed by atoms with Crippen LogP contribution in [-0.4, -0.2) is 0 Å². The Labute approximate surface area is 286 Å². The topological polar surface area (TPSA) is 13.1 Å². The molecule has 240 valence electrons. The molecule has 1 heterocycles. The summed E-state index contributed by atoms with van der Waals surface area (Å²) in [6.45, 7) is 12.9. The third-order valence-corrected chi connectivity index (χ3v) is 9.38. The van der Waals surface area contributed by atoms with E-state index in [2.05, 4.69) is 156 Å².